The van der Waals surface area contributed by atoms with Gasteiger partial charge in [-0.05, 0) is 19.3 Å². The summed E-state index contributed by atoms with van der Waals surface area (Å²) in [4.78, 5) is 10.8. The molecular weight excluding hydrogens is 232 g/mol. The summed E-state index contributed by atoms with van der Waals surface area (Å²) < 4.78 is 24.9. The van der Waals surface area contributed by atoms with Crippen LogP contribution in [0.15, 0.2) is 0 Å². The molecule has 2 atom stereocenters. The second-order valence-corrected chi connectivity index (χ2v) is 5.99. The lowest BCUT2D eigenvalue weighted by atomic mass is 10.1. The van der Waals surface area contributed by atoms with Gasteiger partial charge in [0.25, 0.3) is 0 Å². The third kappa shape index (κ3) is 4.59. The molecule has 92 valence electrons. The molecule has 6 nitrogen and oxygen atoms in total. The van der Waals surface area contributed by atoms with Gasteiger partial charge in [-0.25, -0.2) is 8.42 Å². The van der Waals surface area contributed by atoms with Gasteiger partial charge < -0.3 is 5.11 Å². The summed E-state index contributed by atoms with van der Waals surface area (Å²) in [7, 11) is -3.89. The van der Waals surface area contributed by atoms with Gasteiger partial charge >= 0.3 is 5.97 Å². The predicted molar refractivity (Wildman–Crippen MR) is 58.0 cm³/mol. The average Bonchev–Trinajstić information content (AvgIpc) is 2.14. The first-order valence-electron chi connectivity index (χ1n) is 4.84. The largest absolute Gasteiger partial charge is 0.480 e. The van der Waals surface area contributed by atoms with Crippen molar-refractivity contribution in [3.05, 3.63) is 0 Å². The van der Waals surface area contributed by atoms with E-state index in [0.717, 1.165) is 0 Å². The van der Waals surface area contributed by atoms with Crippen LogP contribution in [0.2, 0.25) is 0 Å². The number of carboxylic acids is 1. The molecule has 2 unspecified atom stereocenters. The standard InChI is InChI=1S/C9H16N2O4S/c1-6(2)4-8(9(12)13)11-16(14,15)7(3)5-10/h6-8,11H,4H2,1-3H3,(H,12,13). The van der Waals surface area contributed by atoms with Crippen molar-refractivity contribution in [3.63, 3.8) is 0 Å². The normalized spacial score (nSPS) is 15.4. The minimum Gasteiger partial charge on any atom is -0.480 e. The Labute approximate surface area is 95.3 Å². The van der Waals surface area contributed by atoms with E-state index in [1.165, 1.54) is 6.92 Å². The van der Waals surface area contributed by atoms with E-state index in [1.54, 1.807) is 19.9 Å². The number of nitriles is 1. The zero-order valence-corrected chi connectivity index (χ0v) is 10.3. The van der Waals surface area contributed by atoms with Crippen LogP contribution in [0.4, 0.5) is 0 Å². The van der Waals surface area contributed by atoms with Crippen LogP contribution in [0.5, 0.6) is 0 Å². The van der Waals surface area contributed by atoms with E-state index in [4.69, 9.17) is 10.4 Å². The van der Waals surface area contributed by atoms with E-state index in [0.29, 0.717) is 0 Å². The van der Waals surface area contributed by atoms with Crippen molar-refractivity contribution in [2.45, 2.75) is 38.5 Å². The molecule has 0 heterocycles. The van der Waals surface area contributed by atoms with Crippen molar-refractivity contribution in [1.82, 2.24) is 4.72 Å². The maximum Gasteiger partial charge on any atom is 0.321 e. The van der Waals surface area contributed by atoms with Crippen LogP contribution >= 0.6 is 0 Å². The van der Waals surface area contributed by atoms with Gasteiger partial charge in [-0.3, -0.25) is 4.79 Å². The summed E-state index contributed by atoms with van der Waals surface area (Å²) in [5, 5.41) is 16.1. The molecule has 0 fully saturated rings. The summed E-state index contributed by atoms with van der Waals surface area (Å²) in [6, 6.07) is 0.380. The summed E-state index contributed by atoms with van der Waals surface area (Å²) in [5.41, 5.74) is 0. The molecule has 16 heavy (non-hydrogen) atoms. The van der Waals surface area contributed by atoms with Crippen LogP contribution in [-0.2, 0) is 14.8 Å². The SMILES string of the molecule is CC(C)CC(NS(=O)(=O)C(C)C#N)C(=O)O. The zero-order valence-electron chi connectivity index (χ0n) is 9.47. The van der Waals surface area contributed by atoms with E-state index in [1.807, 2.05) is 4.72 Å². The second kappa shape index (κ2) is 5.82. The average molecular weight is 248 g/mol. The number of hydrogen-bond donors (Lipinski definition) is 2. The molecule has 0 aliphatic rings. The van der Waals surface area contributed by atoms with Gasteiger partial charge in [0.2, 0.25) is 10.0 Å². The number of aliphatic carboxylic acids is 1. The van der Waals surface area contributed by atoms with Crippen LogP contribution in [0.25, 0.3) is 0 Å². The van der Waals surface area contributed by atoms with Gasteiger partial charge in [0.1, 0.15) is 6.04 Å². The smallest absolute Gasteiger partial charge is 0.321 e. The zero-order chi connectivity index (χ0) is 12.9. The fraction of sp³-hybridized carbons (Fsp3) is 0.778. The van der Waals surface area contributed by atoms with E-state index >= 15 is 0 Å². The van der Waals surface area contributed by atoms with Crippen molar-refractivity contribution in [3.8, 4) is 6.07 Å². The summed E-state index contributed by atoms with van der Waals surface area (Å²) in [6.45, 7) is 4.78. The fourth-order valence-corrected chi connectivity index (χ4v) is 1.98. The van der Waals surface area contributed by atoms with Crippen LogP contribution in [0.1, 0.15) is 27.2 Å². The highest BCUT2D eigenvalue weighted by Gasteiger charge is 2.28. The number of carbonyl (C=O) groups is 1. The van der Waals surface area contributed by atoms with Gasteiger partial charge in [-0.1, -0.05) is 13.8 Å². The Morgan fingerprint density at radius 3 is 2.25 bits per heavy atom. The summed E-state index contributed by atoms with van der Waals surface area (Å²) >= 11 is 0. The number of rotatable bonds is 6. The molecule has 0 amide bonds. The van der Waals surface area contributed by atoms with Gasteiger partial charge in [0.15, 0.2) is 5.25 Å². The van der Waals surface area contributed by atoms with Crippen molar-refractivity contribution in [2.24, 2.45) is 5.92 Å². The molecule has 0 aromatic carbocycles. The van der Waals surface area contributed by atoms with Crippen molar-refractivity contribution < 1.29 is 18.3 Å². The van der Waals surface area contributed by atoms with Gasteiger partial charge in [0.05, 0.1) is 6.07 Å². The van der Waals surface area contributed by atoms with E-state index in [9.17, 15) is 13.2 Å². The van der Waals surface area contributed by atoms with Crippen LogP contribution < -0.4 is 4.72 Å². The monoisotopic (exact) mass is 248 g/mol. The van der Waals surface area contributed by atoms with Crippen molar-refractivity contribution in [2.75, 3.05) is 0 Å². The van der Waals surface area contributed by atoms with Gasteiger partial charge in [-0.2, -0.15) is 9.98 Å². The van der Waals surface area contributed by atoms with Gasteiger partial charge in [-0.15, -0.1) is 0 Å². The number of sulfonamides is 1. The molecule has 0 aliphatic carbocycles. The van der Waals surface area contributed by atoms with Crippen LogP contribution in [0.3, 0.4) is 0 Å². The Hall–Kier alpha value is -1.13. The van der Waals surface area contributed by atoms with Crippen molar-refractivity contribution >= 4 is 16.0 Å². The molecule has 2 N–H and O–H groups in total. The highest BCUT2D eigenvalue weighted by Crippen LogP contribution is 2.08. The molecule has 0 bridgehead atoms. The molecule has 0 aliphatic heterocycles. The first-order chi connectivity index (χ1) is 7.20. The first kappa shape index (κ1) is 14.9. The molecule has 7 heteroatoms. The number of nitrogens with one attached hydrogen (secondary N) is 1. The van der Waals surface area contributed by atoms with E-state index in [2.05, 4.69) is 0 Å². The third-order valence-electron chi connectivity index (χ3n) is 1.96. The van der Waals surface area contributed by atoms with E-state index < -0.39 is 27.3 Å². The minimum atomic E-state index is -3.89. The maximum atomic E-state index is 11.5. The molecule has 0 rings (SSSR count). The second-order valence-electron chi connectivity index (χ2n) is 3.95. The lowest BCUT2D eigenvalue weighted by molar-refractivity contribution is -0.139. The molecule has 0 saturated carbocycles. The Balaban J connectivity index is 4.78. The third-order valence-corrected chi connectivity index (χ3v) is 3.61. The molecule has 0 aromatic heterocycles. The summed E-state index contributed by atoms with van der Waals surface area (Å²) in [5.74, 6) is -1.19. The van der Waals surface area contributed by atoms with Crippen LogP contribution in [0, 0.1) is 17.2 Å². The van der Waals surface area contributed by atoms with Crippen molar-refractivity contribution in [1.29, 1.82) is 5.26 Å². The Morgan fingerprint density at radius 1 is 1.44 bits per heavy atom. The quantitative estimate of drug-likeness (QED) is 0.703. The first-order valence-corrected chi connectivity index (χ1v) is 6.39. The highest BCUT2D eigenvalue weighted by atomic mass is 32.2. The molecule has 0 spiro atoms. The van der Waals surface area contributed by atoms with Crippen LogP contribution in [-0.4, -0.2) is 30.8 Å². The maximum absolute atomic E-state index is 11.5. The molecular formula is C9H16N2O4S. The molecule has 0 saturated heterocycles. The lowest BCUT2D eigenvalue weighted by Gasteiger charge is -2.17. The number of hydrogen-bond acceptors (Lipinski definition) is 4. The minimum absolute atomic E-state index is 0.0428. The topological polar surface area (TPSA) is 107 Å². The Morgan fingerprint density at radius 2 is 1.94 bits per heavy atom. The lowest BCUT2D eigenvalue weighted by Crippen LogP contribution is -2.44. The Kier molecular flexibility index (Phi) is 5.41. The van der Waals surface area contributed by atoms with E-state index in [-0.39, 0.29) is 12.3 Å². The number of nitrogens with zero attached hydrogens (tertiary/aromatic N) is 1. The highest BCUT2D eigenvalue weighted by molar-refractivity contribution is 7.90. The Bertz CT molecular complexity index is 383. The summed E-state index contributed by atoms with van der Waals surface area (Å²) in [6.07, 6.45) is 0.187. The fourth-order valence-electron chi connectivity index (χ4n) is 1.04. The molecule has 0 aromatic rings. The molecule has 0 radical (unpaired) electrons. The number of carboxylic acid groups (broad SMARTS) is 1. The van der Waals surface area contributed by atoms with Gasteiger partial charge in [0, 0.05) is 0 Å². The predicted octanol–water partition coefficient (Wildman–Crippen LogP) is 0.317.